The number of halogens is 1. The molecule has 1 N–H and O–H groups in total. The first-order valence-electron chi connectivity index (χ1n) is 8.72. The van der Waals surface area contributed by atoms with Crippen LogP contribution in [0.25, 0.3) is 5.65 Å². The standard InChI is InChI=1S/C20H23BrN4O/c1-12-10-19-22-14(3)18(15(4)25(19)24-12)8-9-20(26)23-13(2)16-6-5-7-17(21)11-16/h5-7,10-11,13H,8-9H2,1-4H3,(H,23,26). The van der Waals surface area contributed by atoms with E-state index in [4.69, 9.17) is 0 Å². The van der Waals surface area contributed by atoms with E-state index in [1.165, 1.54) is 0 Å². The van der Waals surface area contributed by atoms with E-state index in [1.54, 1.807) is 0 Å². The van der Waals surface area contributed by atoms with Crippen LogP contribution in [0, 0.1) is 20.8 Å². The van der Waals surface area contributed by atoms with Gasteiger partial charge in [-0.25, -0.2) is 9.50 Å². The molecule has 1 aromatic carbocycles. The fourth-order valence-corrected chi connectivity index (χ4v) is 3.63. The summed E-state index contributed by atoms with van der Waals surface area (Å²) in [6.45, 7) is 7.98. The molecule has 2 heterocycles. The summed E-state index contributed by atoms with van der Waals surface area (Å²) in [6.07, 6.45) is 1.07. The van der Waals surface area contributed by atoms with Gasteiger partial charge in [0.1, 0.15) is 0 Å². The molecule has 1 atom stereocenters. The van der Waals surface area contributed by atoms with Crippen molar-refractivity contribution in [2.24, 2.45) is 0 Å². The van der Waals surface area contributed by atoms with Gasteiger partial charge in [0.15, 0.2) is 5.65 Å². The number of nitrogens with one attached hydrogen (secondary N) is 1. The monoisotopic (exact) mass is 414 g/mol. The van der Waals surface area contributed by atoms with E-state index in [1.807, 2.05) is 62.5 Å². The minimum Gasteiger partial charge on any atom is -0.350 e. The zero-order chi connectivity index (χ0) is 18.8. The second-order valence-corrected chi connectivity index (χ2v) is 7.58. The molecule has 0 saturated heterocycles. The second kappa shape index (κ2) is 7.58. The lowest BCUT2D eigenvalue weighted by Crippen LogP contribution is -2.27. The van der Waals surface area contributed by atoms with Gasteiger partial charge >= 0.3 is 0 Å². The van der Waals surface area contributed by atoms with E-state index in [0.29, 0.717) is 12.8 Å². The Morgan fingerprint density at radius 3 is 2.77 bits per heavy atom. The average molecular weight is 415 g/mol. The summed E-state index contributed by atoms with van der Waals surface area (Å²) in [6, 6.07) is 9.93. The first-order valence-corrected chi connectivity index (χ1v) is 9.51. The molecule has 1 unspecified atom stereocenters. The Bertz CT molecular complexity index is 964. The van der Waals surface area contributed by atoms with Gasteiger partial charge in [0.05, 0.1) is 11.7 Å². The summed E-state index contributed by atoms with van der Waals surface area (Å²) >= 11 is 3.47. The SMILES string of the molecule is Cc1cc2nc(C)c(CCC(=O)NC(C)c3cccc(Br)c3)c(C)n2n1. The average Bonchev–Trinajstić information content (AvgIpc) is 2.95. The zero-order valence-corrected chi connectivity index (χ0v) is 17.1. The number of fused-ring (bicyclic) bond motifs is 1. The van der Waals surface area contributed by atoms with Gasteiger partial charge in [-0.1, -0.05) is 28.1 Å². The van der Waals surface area contributed by atoms with Gasteiger partial charge in [0.25, 0.3) is 0 Å². The zero-order valence-electron chi connectivity index (χ0n) is 15.5. The van der Waals surface area contributed by atoms with Crippen molar-refractivity contribution in [1.29, 1.82) is 0 Å². The lowest BCUT2D eigenvalue weighted by molar-refractivity contribution is -0.121. The van der Waals surface area contributed by atoms with Crippen molar-refractivity contribution >= 4 is 27.5 Å². The minimum atomic E-state index is -0.0310. The number of amides is 1. The first-order chi connectivity index (χ1) is 12.3. The van der Waals surface area contributed by atoms with Crippen LogP contribution in [0.2, 0.25) is 0 Å². The Labute approximate surface area is 162 Å². The van der Waals surface area contributed by atoms with Gasteiger partial charge in [-0.05, 0) is 57.4 Å². The van der Waals surface area contributed by atoms with Crippen LogP contribution in [0.1, 0.15) is 47.6 Å². The quantitative estimate of drug-likeness (QED) is 0.679. The number of carbonyl (C=O) groups excluding carboxylic acids is 1. The summed E-state index contributed by atoms with van der Waals surface area (Å²) in [4.78, 5) is 17.0. The maximum Gasteiger partial charge on any atom is 0.220 e. The molecule has 0 aliphatic heterocycles. The normalized spacial score (nSPS) is 12.3. The minimum absolute atomic E-state index is 0.0310. The molecular weight excluding hydrogens is 392 g/mol. The molecule has 0 spiro atoms. The molecule has 3 aromatic rings. The largest absolute Gasteiger partial charge is 0.350 e. The number of nitrogens with zero attached hydrogens (tertiary/aromatic N) is 3. The molecule has 0 bridgehead atoms. The van der Waals surface area contributed by atoms with Crippen molar-refractivity contribution in [3.05, 3.63) is 63.0 Å². The van der Waals surface area contributed by atoms with Crippen molar-refractivity contribution in [1.82, 2.24) is 19.9 Å². The van der Waals surface area contributed by atoms with Gasteiger partial charge in [-0.15, -0.1) is 0 Å². The molecule has 136 valence electrons. The molecular formula is C20H23BrN4O. The Hall–Kier alpha value is -2.21. The molecule has 0 radical (unpaired) electrons. The number of aryl methyl sites for hydroxylation is 3. The molecule has 2 aromatic heterocycles. The maximum absolute atomic E-state index is 12.4. The van der Waals surface area contributed by atoms with Crippen LogP contribution in [0.15, 0.2) is 34.8 Å². The van der Waals surface area contributed by atoms with Gasteiger partial charge in [0, 0.05) is 28.3 Å². The summed E-state index contributed by atoms with van der Waals surface area (Å²) in [5.41, 5.74) is 5.98. The van der Waals surface area contributed by atoms with Crippen molar-refractivity contribution in [3.63, 3.8) is 0 Å². The summed E-state index contributed by atoms with van der Waals surface area (Å²) in [7, 11) is 0. The van der Waals surface area contributed by atoms with Crippen LogP contribution < -0.4 is 5.32 Å². The van der Waals surface area contributed by atoms with Crippen molar-refractivity contribution in [2.75, 3.05) is 0 Å². The molecule has 5 nitrogen and oxygen atoms in total. The van der Waals surface area contributed by atoms with Crippen LogP contribution >= 0.6 is 15.9 Å². The fraction of sp³-hybridized carbons (Fsp3) is 0.350. The Balaban J connectivity index is 1.69. The lowest BCUT2D eigenvalue weighted by atomic mass is 10.1. The van der Waals surface area contributed by atoms with Gasteiger partial charge < -0.3 is 5.32 Å². The third-order valence-corrected chi connectivity index (χ3v) is 5.11. The highest BCUT2D eigenvalue weighted by Crippen LogP contribution is 2.19. The van der Waals surface area contributed by atoms with Crippen LogP contribution in [-0.4, -0.2) is 20.5 Å². The third-order valence-electron chi connectivity index (χ3n) is 4.61. The Morgan fingerprint density at radius 1 is 1.27 bits per heavy atom. The maximum atomic E-state index is 12.4. The van der Waals surface area contributed by atoms with Gasteiger partial charge in [-0.3, -0.25) is 4.79 Å². The molecule has 0 saturated carbocycles. The number of aromatic nitrogens is 3. The number of benzene rings is 1. The third kappa shape index (κ3) is 3.96. The van der Waals surface area contributed by atoms with Crippen LogP contribution in [-0.2, 0) is 11.2 Å². The smallest absolute Gasteiger partial charge is 0.220 e. The van der Waals surface area contributed by atoms with E-state index in [9.17, 15) is 4.79 Å². The molecule has 26 heavy (non-hydrogen) atoms. The molecule has 1 amide bonds. The highest BCUT2D eigenvalue weighted by molar-refractivity contribution is 9.10. The lowest BCUT2D eigenvalue weighted by Gasteiger charge is -2.15. The highest BCUT2D eigenvalue weighted by atomic mass is 79.9. The summed E-state index contributed by atoms with van der Waals surface area (Å²) in [5.74, 6) is 0.0352. The highest BCUT2D eigenvalue weighted by Gasteiger charge is 2.14. The number of hydrogen-bond acceptors (Lipinski definition) is 3. The molecule has 0 aliphatic rings. The van der Waals surface area contributed by atoms with E-state index < -0.39 is 0 Å². The number of carbonyl (C=O) groups is 1. The van der Waals surface area contributed by atoms with E-state index in [2.05, 4.69) is 31.3 Å². The van der Waals surface area contributed by atoms with E-state index in [-0.39, 0.29) is 11.9 Å². The molecule has 6 heteroatoms. The molecule has 0 aliphatic carbocycles. The first kappa shape index (κ1) is 18.6. The van der Waals surface area contributed by atoms with Crippen LogP contribution in [0.5, 0.6) is 0 Å². The van der Waals surface area contributed by atoms with Crippen molar-refractivity contribution in [3.8, 4) is 0 Å². The fourth-order valence-electron chi connectivity index (χ4n) is 3.21. The molecule has 3 rings (SSSR count). The predicted molar refractivity (Wildman–Crippen MR) is 106 cm³/mol. The van der Waals surface area contributed by atoms with Gasteiger partial charge in [-0.2, -0.15) is 5.10 Å². The van der Waals surface area contributed by atoms with Crippen LogP contribution in [0.4, 0.5) is 0 Å². The summed E-state index contributed by atoms with van der Waals surface area (Å²) in [5, 5.41) is 7.56. The topological polar surface area (TPSA) is 59.3 Å². The predicted octanol–water partition coefficient (Wildman–Crippen LogP) is 4.23. The van der Waals surface area contributed by atoms with Crippen LogP contribution in [0.3, 0.4) is 0 Å². The number of hydrogen-bond donors (Lipinski definition) is 1. The summed E-state index contributed by atoms with van der Waals surface area (Å²) < 4.78 is 2.87. The second-order valence-electron chi connectivity index (χ2n) is 6.66. The molecule has 0 fully saturated rings. The number of rotatable bonds is 5. The van der Waals surface area contributed by atoms with Crippen molar-refractivity contribution in [2.45, 2.75) is 46.6 Å². The van der Waals surface area contributed by atoms with E-state index >= 15 is 0 Å². The van der Waals surface area contributed by atoms with E-state index in [0.717, 1.165) is 38.3 Å². The van der Waals surface area contributed by atoms with Gasteiger partial charge in [0.2, 0.25) is 5.91 Å². The van der Waals surface area contributed by atoms with Crippen molar-refractivity contribution < 1.29 is 4.79 Å². The Morgan fingerprint density at radius 2 is 2.04 bits per heavy atom. The Kier molecular flexibility index (Phi) is 5.41.